The number of carbonyl (C=O) groups is 1. The van der Waals surface area contributed by atoms with Gasteiger partial charge < -0.3 is 11.5 Å². The van der Waals surface area contributed by atoms with E-state index in [4.69, 9.17) is 11.5 Å². The van der Waals surface area contributed by atoms with E-state index < -0.39 is 22.0 Å². The van der Waals surface area contributed by atoms with Gasteiger partial charge in [0, 0.05) is 5.56 Å². The van der Waals surface area contributed by atoms with E-state index in [9.17, 15) is 13.2 Å². The average Bonchev–Trinajstić information content (AvgIpc) is 2.60. The first kappa shape index (κ1) is 21.1. The van der Waals surface area contributed by atoms with Gasteiger partial charge in [-0.3, -0.25) is 4.79 Å². The Labute approximate surface area is 163 Å². The van der Waals surface area contributed by atoms with Crippen molar-refractivity contribution in [3.8, 4) is 11.3 Å². The molecule has 1 atom stereocenters. The van der Waals surface area contributed by atoms with Crippen molar-refractivity contribution in [1.29, 1.82) is 0 Å². The van der Waals surface area contributed by atoms with Crippen LogP contribution in [0, 0.1) is 5.92 Å². The van der Waals surface area contributed by atoms with Gasteiger partial charge in [-0.05, 0) is 36.8 Å². The van der Waals surface area contributed by atoms with Crippen molar-refractivity contribution in [2.75, 3.05) is 12.0 Å². The zero-order valence-electron chi connectivity index (χ0n) is 15.3. The summed E-state index contributed by atoms with van der Waals surface area (Å²) in [6.45, 7) is 3.81. The highest BCUT2D eigenvalue weighted by Crippen LogP contribution is 2.24. The molecule has 5 N–H and O–H groups in total. The number of aromatic nitrogens is 2. The smallest absolute Gasteiger partial charge is 0.264 e. The second kappa shape index (κ2) is 8.68. The second-order valence-electron chi connectivity index (χ2n) is 6.39. The number of hydrogen-bond acceptors (Lipinski definition) is 8. The SMILES string of the molecule is CSc1cc(-c2cccc(S(=O)(=O)NC(=O)[C@@H](N)CC(C)C)c2)nc(N)n1. The van der Waals surface area contributed by atoms with Crippen molar-refractivity contribution in [2.24, 2.45) is 11.7 Å². The molecule has 0 aliphatic heterocycles. The van der Waals surface area contributed by atoms with E-state index in [1.165, 1.54) is 23.9 Å². The predicted octanol–water partition coefficient (Wildman–Crippen LogP) is 1.63. The Bertz CT molecular complexity index is 932. The van der Waals surface area contributed by atoms with E-state index in [0.29, 0.717) is 22.7 Å². The fourth-order valence-electron chi connectivity index (χ4n) is 2.40. The normalized spacial score (nSPS) is 12.8. The van der Waals surface area contributed by atoms with Crippen molar-refractivity contribution in [2.45, 2.75) is 36.2 Å². The van der Waals surface area contributed by atoms with Crippen LogP contribution in [-0.2, 0) is 14.8 Å². The fraction of sp³-hybridized carbons (Fsp3) is 0.353. The summed E-state index contributed by atoms with van der Waals surface area (Å²) in [5.74, 6) is -0.464. The highest BCUT2D eigenvalue weighted by Gasteiger charge is 2.23. The molecule has 0 bridgehead atoms. The van der Waals surface area contributed by atoms with Crippen LogP contribution in [0.2, 0.25) is 0 Å². The van der Waals surface area contributed by atoms with Gasteiger partial charge >= 0.3 is 0 Å². The number of hydrogen-bond donors (Lipinski definition) is 3. The maximum absolute atomic E-state index is 12.6. The van der Waals surface area contributed by atoms with Crippen molar-refractivity contribution in [3.63, 3.8) is 0 Å². The van der Waals surface area contributed by atoms with Crippen molar-refractivity contribution in [1.82, 2.24) is 14.7 Å². The summed E-state index contributed by atoms with van der Waals surface area (Å²) in [4.78, 5) is 20.3. The number of anilines is 1. The molecule has 0 unspecified atom stereocenters. The monoisotopic (exact) mass is 409 g/mol. The highest BCUT2D eigenvalue weighted by molar-refractivity contribution is 7.98. The fourth-order valence-corrected chi connectivity index (χ4v) is 3.89. The van der Waals surface area contributed by atoms with Crippen LogP contribution in [0.25, 0.3) is 11.3 Å². The Morgan fingerprint density at radius 1 is 1.26 bits per heavy atom. The minimum absolute atomic E-state index is 0.0621. The number of nitrogens with zero attached hydrogens (tertiary/aromatic N) is 2. The number of nitrogens with one attached hydrogen (secondary N) is 1. The quantitative estimate of drug-likeness (QED) is 0.463. The molecule has 10 heteroatoms. The number of rotatable bonds is 7. The topological polar surface area (TPSA) is 141 Å². The molecular weight excluding hydrogens is 386 g/mol. The molecule has 2 rings (SSSR count). The molecule has 2 aromatic rings. The number of nitrogen functional groups attached to an aromatic ring is 1. The zero-order chi connectivity index (χ0) is 20.2. The van der Waals surface area contributed by atoms with E-state index in [0.717, 1.165) is 0 Å². The first-order valence-electron chi connectivity index (χ1n) is 8.23. The van der Waals surface area contributed by atoms with Gasteiger partial charge in [-0.25, -0.2) is 23.1 Å². The number of thioether (sulfide) groups is 1. The molecule has 27 heavy (non-hydrogen) atoms. The predicted molar refractivity (Wildman–Crippen MR) is 106 cm³/mol. The van der Waals surface area contributed by atoms with Gasteiger partial charge in [-0.2, -0.15) is 0 Å². The molecule has 1 amide bonds. The summed E-state index contributed by atoms with van der Waals surface area (Å²) in [6.07, 6.45) is 2.24. The van der Waals surface area contributed by atoms with Crippen LogP contribution in [0.1, 0.15) is 20.3 Å². The van der Waals surface area contributed by atoms with Crippen LogP contribution in [0.3, 0.4) is 0 Å². The van der Waals surface area contributed by atoms with Crippen LogP contribution in [0.4, 0.5) is 5.95 Å². The molecule has 0 fully saturated rings. The second-order valence-corrected chi connectivity index (χ2v) is 8.90. The van der Waals surface area contributed by atoms with Gasteiger partial charge in [0.1, 0.15) is 5.03 Å². The van der Waals surface area contributed by atoms with E-state index in [1.807, 2.05) is 24.8 Å². The number of sulfonamides is 1. The lowest BCUT2D eigenvalue weighted by atomic mass is 10.0. The van der Waals surface area contributed by atoms with Crippen LogP contribution in [0.15, 0.2) is 40.3 Å². The van der Waals surface area contributed by atoms with Gasteiger partial charge in [0.05, 0.1) is 16.6 Å². The van der Waals surface area contributed by atoms with E-state index in [-0.39, 0.29) is 16.8 Å². The minimum Gasteiger partial charge on any atom is -0.368 e. The number of amides is 1. The summed E-state index contributed by atoms with van der Waals surface area (Å²) in [6, 6.07) is 6.91. The molecule has 1 heterocycles. The van der Waals surface area contributed by atoms with Crippen molar-refractivity contribution in [3.05, 3.63) is 30.3 Å². The Morgan fingerprint density at radius 2 is 1.96 bits per heavy atom. The Kier molecular flexibility index (Phi) is 6.79. The van der Waals surface area contributed by atoms with Gasteiger partial charge in [0.15, 0.2) is 0 Å². The third-order valence-electron chi connectivity index (χ3n) is 3.67. The first-order valence-corrected chi connectivity index (χ1v) is 10.9. The third kappa shape index (κ3) is 5.65. The lowest BCUT2D eigenvalue weighted by Gasteiger charge is -2.14. The summed E-state index contributed by atoms with van der Waals surface area (Å²) in [5, 5.41) is 0.665. The molecular formula is C17H23N5O3S2. The molecule has 1 aromatic carbocycles. The van der Waals surface area contributed by atoms with E-state index in [1.54, 1.807) is 18.2 Å². The lowest BCUT2D eigenvalue weighted by Crippen LogP contribution is -2.43. The summed E-state index contributed by atoms with van der Waals surface area (Å²) in [7, 11) is -4.06. The van der Waals surface area contributed by atoms with Crippen molar-refractivity contribution < 1.29 is 13.2 Å². The summed E-state index contributed by atoms with van der Waals surface area (Å²) < 4.78 is 27.2. The standard InChI is InChI=1S/C17H23N5O3S2/c1-10(2)7-13(18)16(23)22-27(24,25)12-6-4-5-11(8-12)14-9-15(26-3)21-17(19)20-14/h4-6,8-10,13H,7,18H2,1-3H3,(H,22,23)(H2,19,20,21)/t13-/m0/s1. The Morgan fingerprint density at radius 3 is 2.59 bits per heavy atom. The zero-order valence-corrected chi connectivity index (χ0v) is 17.0. The third-order valence-corrected chi connectivity index (χ3v) is 5.64. The number of carbonyl (C=O) groups excluding carboxylic acids is 1. The van der Waals surface area contributed by atoms with Gasteiger partial charge in [-0.15, -0.1) is 11.8 Å². The maximum Gasteiger partial charge on any atom is 0.264 e. The molecule has 0 aliphatic carbocycles. The highest BCUT2D eigenvalue weighted by atomic mass is 32.2. The van der Waals surface area contributed by atoms with E-state index >= 15 is 0 Å². The molecule has 0 aliphatic rings. The van der Waals surface area contributed by atoms with Crippen LogP contribution < -0.4 is 16.2 Å². The Hall–Kier alpha value is -2.17. The number of benzene rings is 1. The first-order chi connectivity index (χ1) is 12.6. The maximum atomic E-state index is 12.6. The Balaban J connectivity index is 2.31. The molecule has 1 aromatic heterocycles. The lowest BCUT2D eigenvalue weighted by molar-refractivity contribution is -0.120. The van der Waals surface area contributed by atoms with Gasteiger partial charge in [0.25, 0.3) is 15.9 Å². The van der Waals surface area contributed by atoms with E-state index in [2.05, 4.69) is 9.97 Å². The molecule has 0 saturated heterocycles. The summed E-state index contributed by atoms with van der Waals surface area (Å²) >= 11 is 1.40. The molecule has 8 nitrogen and oxygen atoms in total. The van der Waals surface area contributed by atoms with Gasteiger partial charge in [0.2, 0.25) is 5.95 Å². The number of nitrogens with two attached hydrogens (primary N) is 2. The van der Waals surface area contributed by atoms with Crippen LogP contribution in [0.5, 0.6) is 0 Å². The van der Waals surface area contributed by atoms with Crippen LogP contribution in [-0.4, -0.2) is 36.6 Å². The van der Waals surface area contributed by atoms with Gasteiger partial charge in [-0.1, -0.05) is 26.0 Å². The molecule has 0 spiro atoms. The molecule has 0 radical (unpaired) electrons. The average molecular weight is 410 g/mol. The minimum atomic E-state index is -4.06. The van der Waals surface area contributed by atoms with Crippen LogP contribution >= 0.6 is 11.8 Å². The summed E-state index contributed by atoms with van der Waals surface area (Å²) in [5.41, 5.74) is 12.5. The molecule has 0 saturated carbocycles. The largest absolute Gasteiger partial charge is 0.368 e. The molecule has 146 valence electrons. The van der Waals surface area contributed by atoms with Crippen molar-refractivity contribution >= 4 is 33.6 Å².